The molecule has 1 saturated carbocycles. The number of amides is 1. The topological polar surface area (TPSA) is 57.8 Å². The molecule has 21 heavy (non-hydrogen) atoms. The second-order valence-corrected chi connectivity index (χ2v) is 6.26. The van der Waals surface area contributed by atoms with Crippen molar-refractivity contribution in [1.82, 2.24) is 15.3 Å². The van der Waals surface area contributed by atoms with E-state index >= 15 is 0 Å². The molecule has 0 spiro atoms. The van der Waals surface area contributed by atoms with E-state index in [0.29, 0.717) is 18.4 Å². The van der Waals surface area contributed by atoms with E-state index in [1.54, 1.807) is 0 Å². The van der Waals surface area contributed by atoms with E-state index in [-0.39, 0.29) is 11.8 Å². The van der Waals surface area contributed by atoms with E-state index in [4.69, 9.17) is 0 Å². The molecule has 0 radical (unpaired) electrons. The Hall–Kier alpha value is -2.10. The lowest BCUT2D eigenvalue weighted by atomic mass is 9.93. The van der Waals surface area contributed by atoms with Gasteiger partial charge < -0.3 is 10.3 Å². The van der Waals surface area contributed by atoms with Gasteiger partial charge in [-0.1, -0.05) is 24.3 Å². The van der Waals surface area contributed by atoms with E-state index in [2.05, 4.69) is 27.4 Å². The molecule has 2 N–H and O–H groups in total. The molecule has 0 unspecified atom stereocenters. The minimum atomic E-state index is 0.158. The summed E-state index contributed by atoms with van der Waals surface area (Å²) in [6, 6.07) is 6.08. The normalized spacial score (nSPS) is 26.6. The fourth-order valence-electron chi connectivity index (χ4n) is 3.69. The van der Waals surface area contributed by atoms with Crippen molar-refractivity contribution in [2.45, 2.75) is 26.3 Å². The van der Waals surface area contributed by atoms with Crippen LogP contribution in [0.5, 0.6) is 0 Å². The van der Waals surface area contributed by atoms with Gasteiger partial charge in [0.05, 0.1) is 17.6 Å². The Morgan fingerprint density at radius 1 is 1.38 bits per heavy atom. The number of hydrogen-bond acceptors (Lipinski definition) is 2. The van der Waals surface area contributed by atoms with Gasteiger partial charge in [0, 0.05) is 5.92 Å². The van der Waals surface area contributed by atoms with Crippen molar-refractivity contribution in [1.29, 1.82) is 0 Å². The minimum Gasteiger partial charge on any atom is -0.349 e. The van der Waals surface area contributed by atoms with Crippen LogP contribution in [0.25, 0.3) is 11.0 Å². The zero-order chi connectivity index (χ0) is 14.4. The summed E-state index contributed by atoms with van der Waals surface area (Å²) in [6.07, 6.45) is 6.63. The third kappa shape index (κ3) is 2.15. The van der Waals surface area contributed by atoms with E-state index in [0.717, 1.165) is 35.3 Å². The van der Waals surface area contributed by atoms with Crippen molar-refractivity contribution in [2.24, 2.45) is 17.8 Å². The number of benzene rings is 1. The third-order valence-corrected chi connectivity index (χ3v) is 4.81. The van der Waals surface area contributed by atoms with Crippen LogP contribution in [0.2, 0.25) is 0 Å². The predicted octanol–water partition coefficient (Wildman–Crippen LogP) is 2.70. The summed E-state index contributed by atoms with van der Waals surface area (Å²) in [6.45, 7) is 2.53. The van der Waals surface area contributed by atoms with E-state index < -0.39 is 0 Å². The molecule has 4 heteroatoms. The number of allylic oxidation sites excluding steroid dienone is 2. The van der Waals surface area contributed by atoms with Crippen LogP contribution in [-0.4, -0.2) is 15.9 Å². The summed E-state index contributed by atoms with van der Waals surface area (Å²) >= 11 is 0. The number of aromatic nitrogens is 2. The number of nitrogens with one attached hydrogen (secondary N) is 2. The zero-order valence-corrected chi connectivity index (χ0v) is 12.1. The molecule has 0 saturated heterocycles. The maximum atomic E-state index is 12.3. The highest BCUT2D eigenvalue weighted by Gasteiger charge is 2.39. The molecule has 2 aliphatic carbocycles. The van der Waals surface area contributed by atoms with Crippen molar-refractivity contribution in [3.8, 4) is 0 Å². The third-order valence-electron chi connectivity index (χ3n) is 4.81. The van der Waals surface area contributed by atoms with Crippen molar-refractivity contribution >= 4 is 16.9 Å². The number of fused-ring (bicyclic) bond motifs is 3. The van der Waals surface area contributed by atoms with Crippen molar-refractivity contribution in [3.05, 3.63) is 41.7 Å². The Balaban J connectivity index is 1.45. The standard InChI is InChI=1S/C17H19N3O/c1-10-3-2-4-14-16(10)20-15(19-14)9-18-17(21)13-8-11-5-6-12(13)7-11/h2-6,11-13H,7-9H2,1H3,(H,18,21)(H,19,20)/t11-,12+,13-/m1/s1. The Bertz CT molecular complexity index is 731. The van der Waals surface area contributed by atoms with E-state index in [9.17, 15) is 4.79 Å². The van der Waals surface area contributed by atoms with Gasteiger partial charge in [0.1, 0.15) is 5.82 Å². The SMILES string of the molecule is Cc1cccc2[nH]c(CNC(=O)[C@@H]3C[C@@H]4C=C[C@H]3C4)nc12. The monoisotopic (exact) mass is 281 g/mol. The molecule has 2 bridgehead atoms. The van der Waals surface area contributed by atoms with Gasteiger partial charge in [-0.15, -0.1) is 0 Å². The maximum Gasteiger partial charge on any atom is 0.224 e. The highest BCUT2D eigenvalue weighted by molar-refractivity contribution is 5.80. The van der Waals surface area contributed by atoms with Crippen LogP contribution in [0, 0.1) is 24.7 Å². The van der Waals surface area contributed by atoms with Gasteiger partial charge in [-0.05, 0) is 43.2 Å². The zero-order valence-electron chi connectivity index (χ0n) is 12.1. The van der Waals surface area contributed by atoms with Crippen molar-refractivity contribution in [3.63, 3.8) is 0 Å². The lowest BCUT2D eigenvalue weighted by Gasteiger charge is -2.16. The van der Waals surface area contributed by atoms with E-state index in [1.807, 2.05) is 25.1 Å². The summed E-state index contributed by atoms with van der Waals surface area (Å²) in [5, 5.41) is 3.04. The first-order chi connectivity index (χ1) is 10.2. The molecule has 1 aromatic carbocycles. The number of rotatable bonds is 3. The van der Waals surface area contributed by atoms with Crippen LogP contribution < -0.4 is 5.32 Å². The Labute approximate surface area is 123 Å². The lowest BCUT2D eigenvalue weighted by Crippen LogP contribution is -2.32. The van der Waals surface area contributed by atoms with Gasteiger partial charge in [-0.3, -0.25) is 4.79 Å². The van der Waals surface area contributed by atoms with Crippen LogP contribution in [0.3, 0.4) is 0 Å². The van der Waals surface area contributed by atoms with Gasteiger partial charge in [0.25, 0.3) is 0 Å². The molecule has 108 valence electrons. The smallest absolute Gasteiger partial charge is 0.224 e. The second-order valence-electron chi connectivity index (χ2n) is 6.26. The molecule has 3 atom stereocenters. The fourth-order valence-corrected chi connectivity index (χ4v) is 3.69. The van der Waals surface area contributed by atoms with Crippen molar-refractivity contribution in [2.75, 3.05) is 0 Å². The molecule has 0 aliphatic heterocycles. The molecule has 1 fully saturated rings. The lowest BCUT2D eigenvalue weighted by molar-refractivity contribution is -0.125. The van der Waals surface area contributed by atoms with Gasteiger partial charge in [-0.2, -0.15) is 0 Å². The Morgan fingerprint density at radius 2 is 2.29 bits per heavy atom. The summed E-state index contributed by atoms with van der Waals surface area (Å²) in [7, 11) is 0. The molecule has 1 aromatic heterocycles. The van der Waals surface area contributed by atoms with Crippen LogP contribution in [0.1, 0.15) is 24.2 Å². The van der Waals surface area contributed by atoms with Crippen LogP contribution in [0.15, 0.2) is 30.4 Å². The number of carbonyl (C=O) groups excluding carboxylic acids is 1. The number of aromatic amines is 1. The van der Waals surface area contributed by atoms with Crippen LogP contribution >= 0.6 is 0 Å². The number of H-pyrrole nitrogens is 1. The second kappa shape index (κ2) is 4.72. The molecule has 1 heterocycles. The first kappa shape index (κ1) is 12.6. The number of nitrogens with zero attached hydrogens (tertiary/aromatic N) is 1. The summed E-state index contributed by atoms with van der Waals surface area (Å²) in [5.74, 6) is 2.23. The van der Waals surface area contributed by atoms with Gasteiger partial charge in [0.15, 0.2) is 0 Å². The van der Waals surface area contributed by atoms with Crippen LogP contribution in [0.4, 0.5) is 0 Å². The maximum absolute atomic E-state index is 12.3. The van der Waals surface area contributed by atoms with Crippen molar-refractivity contribution < 1.29 is 4.79 Å². The Morgan fingerprint density at radius 3 is 3.00 bits per heavy atom. The highest BCUT2D eigenvalue weighted by Crippen LogP contribution is 2.43. The largest absolute Gasteiger partial charge is 0.349 e. The number of carbonyl (C=O) groups is 1. The molecule has 2 aromatic rings. The first-order valence-electron chi connectivity index (χ1n) is 7.61. The number of para-hydroxylation sites is 1. The quantitative estimate of drug-likeness (QED) is 0.850. The highest BCUT2D eigenvalue weighted by atomic mass is 16.1. The van der Waals surface area contributed by atoms with E-state index in [1.165, 1.54) is 0 Å². The average molecular weight is 281 g/mol. The number of imidazole rings is 1. The van der Waals surface area contributed by atoms with Crippen LogP contribution in [-0.2, 0) is 11.3 Å². The average Bonchev–Trinajstić information content (AvgIpc) is 3.19. The summed E-state index contributed by atoms with van der Waals surface area (Å²) in [4.78, 5) is 20.2. The number of hydrogen-bond donors (Lipinski definition) is 2. The fraction of sp³-hybridized carbons (Fsp3) is 0.412. The Kier molecular flexibility index (Phi) is 2.84. The molecule has 4 rings (SSSR count). The predicted molar refractivity (Wildman–Crippen MR) is 81.5 cm³/mol. The summed E-state index contributed by atoms with van der Waals surface area (Å²) in [5.41, 5.74) is 3.17. The summed E-state index contributed by atoms with van der Waals surface area (Å²) < 4.78 is 0. The molecular formula is C17H19N3O. The molecular weight excluding hydrogens is 262 g/mol. The minimum absolute atomic E-state index is 0.158. The number of aryl methyl sites for hydroxylation is 1. The van der Waals surface area contributed by atoms with Gasteiger partial charge in [0.2, 0.25) is 5.91 Å². The molecule has 2 aliphatic rings. The van der Waals surface area contributed by atoms with Gasteiger partial charge in [-0.25, -0.2) is 4.98 Å². The first-order valence-corrected chi connectivity index (χ1v) is 7.61. The molecule has 1 amide bonds. The molecule has 4 nitrogen and oxygen atoms in total. The van der Waals surface area contributed by atoms with Gasteiger partial charge >= 0.3 is 0 Å².